The number of carbonyl (C=O) groups excluding carboxylic acids is 2. The highest BCUT2D eigenvalue weighted by Gasteiger charge is 2.29. The molecular formula is C20H22N2O3. The van der Waals surface area contributed by atoms with Crippen LogP contribution in [0.15, 0.2) is 48.5 Å². The summed E-state index contributed by atoms with van der Waals surface area (Å²) in [5.41, 5.74) is 2.15. The van der Waals surface area contributed by atoms with Crippen molar-refractivity contribution >= 4 is 17.5 Å². The highest BCUT2D eigenvalue weighted by molar-refractivity contribution is 5.96. The molecule has 1 fully saturated rings. The minimum atomic E-state index is -0.275. The van der Waals surface area contributed by atoms with Gasteiger partial charge in [-0.2, -0.15) is 0 Å². The van der Waals surface area contributed by atoms with Gasteiger partial charge in [-0.15, -0.1) is 0 Å². The van der Waals surface area contributed by atoms with E-state index in [1.54, 1.807) is 23.1 Å². The first-order chi connectivity index (χ1) is 12.0. The summed E-state index contributed by atoms with van der Waals surface area (Å²) in [6.07, 6.45) is 1.52. The average molecular weight is 338 g/mol. The Kier molecular flexibility index (Phi) is 5.03. The molecule has 0 spiro atoms. The predicted octanol–water partition coefficient (Wildman–Crippen LogP) is 3.19. The highest BCUT2D eigenvalue weighted by atomic mass is 16.3. The molecule has 2 aromatic rings. The Morgan fingerprint density at radius 3 is 2.56 bits per heavy atom. The lowest BCUT2D eigenvalue weighted by atomic mass is 9.96. The van der Waals surface area contributed by atoms with Crippen LogP contribution in [0.25, 0.3) is 0 Å². The summed E-state index contributed by atoms with van der Waals surface area (Å²) < 4.78 is 0. The zero-order chi connectivity index (χ0) is 17.8. The lowest BCUT2D eigenvalue weighted by Gasteiger charge is -2.32. The first kappa shape index (κ1) is 17.0. The van der Waals surface area contributed by atoms with Crippen LogP contribution in [0.3, 0.4) is 0 Å². The van der Waals surface area contributed by atoms with Crippen molar-refractivity contribution < 1.29 is 14.7 Å². The van der Waals surface area contributed by atoms with Gasteiger partial charge >= 0.3 is 0 Å². The second kappa shape index (κ2) is 7.38. The lowest BCUT2D eigenvalue weighted by molar-refractivity contribution is -0.121. The van der Waals surface area contributed by atoms with Crippen LogP contribution in [-0.2, 0) is 4.79 Å². The van der Waals surface area contributed by atoms with Gasteiger partial charge < -0.3 is 15.3 Å². The van der Waals surface area contributed by atoms with Crippen LogP contribution >= 0.6 is 0 Å². The van der Waals surface area contributed by atoms with Crippen LogP contribution < -0.4 is 5.32 Å². The summed E-state index contributed by atoms with van der Waals surface area (Å²) >= 11 is 0. The summed E-state index contributed by atoms with van der Waals surface area (Å²) in [4.78, 5) is 26.9. The molecule has 5 heteroatoms. The van der Waals surface area contributed by atoms with Crippen LogP contribution in [0.1, 0.15) is 28.8 Å². The van der Waals surface area contributed by atoms with Gasteiger partial charge in [0.2, 0.25) is 5.91 Å². The van der Waals surface area contributed by atoms with E-state index in [9.17, 15) is 14.7 Å². The first-order valence-corrected chi connectivity index (χ1v) is 8.49. The molecule has 0 bridgehead atoms. The number of aromatic hydroxyl groups is 1. The molecule has 5 nitrogen and oxygen atoms in total. The minimum absolute atomic E-state index is 0.0410. The van der Waals surface area contributed by atoms with Crippen LogP contribution in [0, 0.1) is 12.8 Å². The van der Waals surface area contributed by atoms with Crippen molar-refractivity contribution in [2.75, 3.05) is 18.4 Å². The normalized spacial score (nSPS) is 17.2. The van der Waals surface area contributed by atoms with Crippen molar-refractivity contribution in [2.24, 2.45) is 5.92 Å². The number of benzene rings is 2. The number of carbonyl (C=O) groups is 2. The molecule has 3 rings (SSSR count). The zero-order valence-electron chi connectivity index (χ0n) is 14.2. The smallest absolute Gasteiger partial charge is 0.253 e. The van der Waals surface area contributed by atoms with Gasteiger partial charge in [-0.25, -0.2) is 0 Å². The maximum atomic E-state index is 12.6. The second-order valence-corrected chi connectivity index (χ2v) is 6.46. The van der Waals surface area contributed by atoms with Crippen LogP contribution in [-0.4, -0.2) is 34.9 Å². The predicted molar refractivity (Wildman–Crippen MR) is 96.5 cm³/mol. The van der Waals surface area contributed by atoms with Gasteiger partial charge in [-0.1, -0.05) is 29.8 Å². The summed E-state index contributed by atoms with van der Waals surface area (Å²) in [6.45, 7) is 3.04. The quantitative estimate of drug-likeness (QED) is 0.845. The summed E-state index contributed by atoms with van der Waals surface area (Å²) in [5.74, 6) is -0.440. The maximum absolute atomic E-state index is 12.6. The number of para-hydroxylation sites is 2. The van der Waals surface area contributed by atoms with Crippen molar-refractivity contribution in [1.82, 2.24) is 4.90 Å². The molecule has 130 valence electrons. The Bertz CT molecular complexity index is 771. The number of hydrogen-bond acceptors (Lipinski definition) is 3. The van der Waals surface area contributed by atoms with E-state index < -0.39 is 0 Å². The SMILES string of the molecule is Cc1ccc(C(=O)N2CCCC(C(=O)Nc3ccccc3O)C2)cc1. The fourth-order valence-corrected chi connectivity index (χ4v) is 3.07. The monoisotopic (exact) mass is 338 g/mol. The highest BCUT2D eigenvalue weighted by Crippen LogP contribution is 2.25. The third-order valence-electron chi connectivity index (χ3n) is 4.54. The largest absolute Gasteiger partial charge is 0.506 e. The number of phenols is 1. The number of likely N-dealkylation sites (tertiary alicyclic amines) is 1. The Morgan fingerprint density at radius 1 is 1.12 bits per heavy atom. The molecule has 1 saturated heterocycles. The topological polar surface area (TPSA) is 69.6 Å². The fourth-order valence-electron chi connectivity index (χ4n) is 3.07. The number of nitrogens with one attached hydrogen (secondary N) is 1. The number of phenolic OH excluding ortho intramolecular Hbond substituents is 1. The van der Waals surface area contributed by atoms with Gasteiger partial charge in [0.1, 0.15) is 5.75 Å². The van der Waals surface area contributed by atoms with Crippen molar-refractivity contribution in [3.63, 3.8) is 0 Å². The average Bonchev–Trinajstić information content (AvgIpc) is 2.64. The van der Waals surface area contributed by atoms with Crippen LogP contribution in [0.2, 0.25) is 0 Å². The van der Waals surface area contributed by atoms with Crippen molar-refractivity contribution in [2.45, 2.75) is 19.8 Å². The molecule has 2 amide bonds. The molecule has 1 aliphatic rings. The molecule has 1 unspecified atom stereocenters. The molecule has 2 aromatic carbocycles. The number of nitrogens with zero attached hydrogens (tertiary/aromatic N) is 1. The minimum Gasteiger partial charge on any atom is -0.506 e. The number of aryl methyl sites for hydroxylation is 1. The van der Waals surface area contributed by atoms with E-state index in [0.717, 1.165) is 18.4 Å². The van der Waals surface area contributed by atoms with E-state index in [1.165, 1.54) is 6.07 Å². The molecule has 0 aliphatic carbocycles. The lowest BCUT2D eigenvalue weighted by Crippen LogP contribution is -2.43. The summed E-state index contributed by atoms with van der Waals surface area (Å²) in [6, 6.07) is 14.1. The van der Waals surface area contributed by atoms with E-state index in [4.69, 9.17) is 0 Å². The van der Waals surface area contributed by atoms with E-state index in [-0.39, 0.29) is 23.5 Å². The Morgan fingerprint density at radius 2 is 1.84 bits per heavy atom. The van der Waals surface area contributed by atoms with Gasteiger partial charge in [-0.3, -0.25) is 9.59 Å². The van der Waals surface area contributed by atoms with Gasteiger partial charge in [0.05, 0.1) is 11.6 Å². The molecule has 1 heterocycles. The van der Waals surface area contributed by atoms with E-state index >= 15 is 0 Å². The Labute approximate surface area is 147 Å². The Hall–Kier alpha value is -2.82. The molecule has 2 N–H and O–H groups in total. The number of hydrogen-bond donors (Lipinski definition) is 2. The summed E-state index contributed by atoms with van der Waals surface area (Å²) in [5, 5.41) is 12.5. The molecule has 1 aliphatic heterocycles. The number of rotatable bonds is 3. The van der Waals surface area contributed by atoms with Gasteiger partial charge in [0.15, 0.2) is 0 Å². The van der Waals surface area contributed by atoms with Crippen molar-refractivity contribution in [1.29, 1.82) is 0 Å². The summed E-state index contributed by atoms with van der Waals surface area (Å²) in [7, 11) is 0. The van der Waals surface area contributed by atoms with Crippen LogP contribution in [0.5, 0.6) is 5.75 Å². The standard InChI is InChI=1S/C20H22N2O3/c1-14-8-10-15(11-9-14)20(25)22-12-4-5-16(13-22)19(24)21-17-6-2-3-7-18(17)23/h2-3,6-11,16,23H,4-5,12-13H2,1H3,(H,21,24). The molecule has 0 radical (unpaired) electrons. The second-order valence-electron chi connectivity index (χ2n) is 6.46. The maximum Gasteiger partial charge on any atom is 0.253 e. The third kappa shape index (κ3) is 3.99. The van der Waals surface area contributed by atoms with Crippen molar-refractivity contribution in [3.8, 4) is 5.75 Å². The number of piperidine rings is 1. The van der Waals surface area contributed by atoms with Gasteiger partial charge in [0, 0.05) is 18.7 Å². The van der Waals surface area contributed by atoms with Crippen LogP contribution in [0.4, 0.5) is 5.69 Å². The Balaban J connectivity index is 1.66. The number of anilines is 1. The van der Waals surface area contributed by atoms with E-state index in [1.807, 2.05) is 31.2 Å². The van der Waals surface area contributed by atoms with E-state index in [0.29, 0.717) is 24.3 Å². The van der Waals surface area contributed by atoms with Crippen molar-refractivity contribution in [3.05, 3.63) is 59.7 Å². The van der Waals surface area contributed by atoms with Gasteiger partial charge in [0.25, 0.3) is 5.91 Å². The molecule has 25 heavy (non-hydrogen) atoms. The zero-order valence-corrected chi connectivity index (χ0v) is 14.2. The van der Waals surface area contributed by atoms with E-state index in [2.05, 4.69) is 5.32 Å². The molecular weight excluding hydrogens is 316 g/mol. The molecule has 1 atom stereocenters. The molecule has 0 aromatic heterocycles. The first-order valence-electron chi connectivity index (χ1n) is 8.49. The van der Waals surface area contributed by atoms with Gasteiger partial charge in [-0.05, 0) is 44.0 Å². The third-order valence-corrected chi connectivity index (χ3v) is 4.54. The fraction of sp³-hybridized carbons (Fsp3) is 0.300. The molecule has 0 saturated carbocycles. The number of amides is 2.